The fourth-order valence-corrected chi connectivity index (χ4v) is 3.94. The van der Waals surface area contributed by atoms with Crippen LogP contribution >= 0.6 is 0 Å². The third kappa shape index (κ3) is 7.40. The van der Waals surface area contributed by atoms with Gasteiger partial charge in [-0.05, 0) is 46.5 Å². The van der Waals surface area contributed by atoms with E-state index in [1.54, 1.807) is 7.05 Å². The van der Waals surface area contributed by atoms with Crippen LogP contribution in [-0.4, -0.2) is 67.3 Å². The van der Waals surface area contributed by atoms with Crippen LogP contribution in [0.3, 0.4) is 0 Å². The Morgan fingerprint density at radius 1 is 1.23 bits per heavy atom. The predicted octanol–water partition coefficient (Wildman–Crippen LogP) is 2.17. The van der Waals surface area contributed by atoms with Crippen LogP contribution in [0.4, 0.5) is 0 Å². The molecule has 0 aromatic carbocycles. The molecule has 0 rings (SSSR count). The quantitative estimate of drug-likeness (QED) is 0.628. The van der Waals surface area contributed by atoms with Gasteiger partial charge in [0.15, 0.2) is 0 Å². The van der Waals surface area contributed by atoms with Gasteiger partial charge in [-0.25, -0.2) is 8.42 Å². The van der Waals surface area contributed by atoms with Gasteiger partial charge in [0.05, 0.1) is 12.9 Å². The minimum Gasteiger partial charge on any atom is -0.395 e. The van der Waals surface area contributed by atoms with Gasteiger partial charge in [-0.15, -0.1) is 0 Å². The van der Waals surface area contributed by atoms with Crippen molar-refractivity contribution in [2.24, 2.45) is 5.92 Å². The van der Waals surface area contributed by atoms with Crippen molar-refractivity contribution in [1.29, 1.82) is 0 Å². The van der Waals surface area contributed by atoms with Crippen LogP contribution in [0.2, 0.25) is 0 Å². The van der Waals surface area contributed by atoms with E-state index in [2.05, 4.69) is 25.7 Å². The van der Waals surface area contributed by atoms with Gasteiger partial charge in [0, 0.05) is 31.7 Å². The van der Waals surface area contributed by atoms with Crippen LogP contribution in [0.5, 0.6) is 0 Å². The van der Waals surface area contributed by atoms with Crippen LogP contribution in [-0.2, 0) is 10.0 Å². The lowest BCUT2D eigenvalue weighted by atomic mass is 9.87. The molecule has 0 spiro atoms. The number of nitrogens with zero attached hydrogens (tertiary/aromatic N) is 2. The summed E-state index contributed by atoms with van der Waals surface area (Å²) in [5.74, 6) is 0.415. The second-order valence-corrected chi connectivity index (χ2v) is 9.23. The minimum absolute atomic E-state index is 0.156. The molecule has 1 unspecified atom stereocenters. The Balaban J connectivity index is 5.02. The Kier molecular flexibility index (Phi) is 9.13. The average molecular weight is 337 g/mol. The lowest BCUT2D eigenvalue weighted by molar-refractivity contribution is 0.118. The molecule has 0 amide bonds. The number of sulfonamides is 1. The summed E-state index contributed by atoms with van der Waals surface area (Å²) in [6.45, 7) is 12.1. The second kappa shape index (κ2) is 9.21. The molecule has 0 aliphatic rings. The van der Waals surface area contributed by atoms with Crippen LogP contribution in [0.25, 0.3) is 0 Å². The van der Waals surface area contributed by atoms with Gasteiger partial charge < -0.3 is 5.11 Å². The fraction of sp³-hybridized carbons (Fsp3) is 1.00. The first-order valence-corrected chi connectivity index (χ1v) is 10.1. The number of aliphatic hydroxyl groups is 1. The zero-order chi connectivity index (χ0) is 17.6. The molecule has 0 aliphatic carbocycles. The number of rotatable bonds is 11. The maximum atomic E-state index is 11.8. The Bertz CT molecular complexity index is 408. The van der Waals surface area contributed by atoms with E-state index in [1.165, 1.54) is 10.6 Å². The molecule has 0 bridgehead atoms. The van der Waals surface area contributed by atoms with Gasteiger partial charge in [0.25, 0.3) is 0 Å². The first-order chi connectivity index (χ1) is 9.95. The summed E-state index contributed by atoms with van der Waals surface area (Å²) in [5, 5.41) is 9.23. The van der Waals surface area contributed by atoms with Gasteiger partial charge in [-0.2, -0.15) is 4.31 Å². The summed E-state index contributed by atoms with van der Waals surface area (Å²) in [5.41, 5.74) is -0.407. The zero-order valence-corrected chi connectivity index (χ0v) is 16.3. The van der Waals surface area contributed by atoms with E-state index in [-0.39, 0.29) is 6.61 Å². The van der Waals surface area contributed by atoms with Crippen LogP contribution in [0.1, 0.15) is 53.9 Å². The van der Waals surface area contributed by atoms with E-state index in [4.69, 9.17) is 0 Å². The van der Waals surface area contributed by atoms with E-state index in [0.717, 1.165) is 25.8 Å². The highest BCUT2D eigenvalue weighted by Gasteiger charge is 2.33. The van der Waals surface area contributed by atoms with Crippen molar-refractivity contribution in [2.45, 2.75) is 65.5 Å². The largest absolute Gasteiger partial charge is 0.395 e. The first kappa shape index (κ1) is 21.8. The SMILES string of the molecule is CCCC(CN(CCO)C(C)C)CC(C)(C)N(C)S(C)(=O)=O. The molecule has 0 radical (unpaired) electrons. The lowest BCUT2D eigenvalue weighted by Gasteiger charge is -2.39. The Labute approximate surface area is 137 Å². The van der Waals surface area contributed by atoms with E-state index in [0.29, 0.717) is 18.5 Å². The van der Waals surface area contributed by atoms with Crippen LogP contribution < -0.4 is 0 Å². The van der Waals surface area contributed by atoms with Crippen molar-refractivity contribution in [3.8, 4) is 0 Å². The van der Waals surface area contributed by atoms with Crippen molar-refractivity contribution >= 4 is 10.0 Å². The standard InChI is InChI=1S/C16H36N2O3S/c1-8-9-15(13-18(10-11-19)14(2)3)12-16(4,5)17(6)22(7,20)21/h14-15,19H,8-13H2,1-7H3. The smallest absolute Gasteiger partial charge is 0.211 e. The molecular formula is C16H36N2O3S. The fourth-order valence-electron chi connectivity index (χ4n) is 2.97. The van der Waals surface area contributed by atoms with E-state index in [9.17, 15) is 13.5 Å². The second-order valence-electron chi connectivity index (χ2n) is 7.21. The summed E-state index contributed by atoms with van der Waals surface area (Å²) in [6.07, 6.45) is 4.22. The summed E-state index contributed by atoms with van der Waals surface area (Å²) in [7, 11) is -1.54. The van der Waals surface area contributed by atoms with Crippen molar-refractivity contribution < 1.29 is 13.5 Å². The molecule has 0 aromatic rings. The highest BCUT2D eigenvalue weighted by molar-refractivity contribution is 7.88. The van der Waals surface area contributed by atoms with E-state index >= 15 is 0 Å². The molecule has 1 N–H and O–H groups in total. The Hall–Kier alpha value is -0.170. The number of aliphatic hydroxyl groups excluding tert-OH is 1. The van der Waals surface area contributed by atoms with Crippen molar-refractivity contribution in [3.05, 3.63) is 0 Å². The maximum absolute atomic E-state index is 11.8. The van der Waals surface area contributed by atoms with Gasteiger partial charge in [-0.3, -0.25) is 4.90 Å². The monoisotopic (exact) mass is 336 g/mol. The van der Waals surface area contributed by atoms with E-state index < -0.39 is 15.6 Å². The molecular weight excluding hydrogens is 300 g/mol. The third-order valence-electron chi connectivity index (χ3n) is 4.45. The Morgan fingerprint density at radius 3 is 2.14 bits per heavy atom. The molecule has 0 heterocycles. The van der Waals surface area contributed by atoms with Crippen LogP contribution in [0.15, 0.2) is 0 Å². The van der Waals surface area contributed by atoms with Crippen molar-refractivity contribution in [3.63, 3.8) is 0 Å². The van der Waals surface area contributed by atoms with Gasteiger partial charge in [-0.1, -0.05) is 13.3 Å². The predicted molar refractivity (Wildman–Crippen MR) is 93.5 cm³/mol. The van der Waals surface area contributed by atoms with Gasteiger partial charge in [0.2, 0.25) is 10.0 Å². The van der Waals surface area contributed by atoms with Gasteiger partial charge in [0.1, 0.15) is 0 Å². The molecule has 1 atom stereocenters. The normalized spacial score (nSPS) is 15.0. The highest BCUT2D eigenvalue weighted by atomic mass is 32.2. The molecule has 0 fully saturated rings. The zero-order valence-electron chi connectivity index (χ0n) is 15.5. The molecule has 5 nitrogen and oxygen atoms in total. The first-order valence-electron chi connectivity index (χ1n) is 8.24. The topological polar surface area (TPSA) is 60.9 Å². The van der Waals surface area contributed by atoms with E-state index in [1.807, 2.05) is 13.8 Å². The molecule has 134 valence electrons. The highest BCUT2D eigenvalue weighted by Crippen LogP contribution is 2.28. The molecule has 0 saturated heterocycles. The maximum Gasteiger partial charge on any atom is 0.211 e. The van der Waals surface area contributed by atoms with Gasteiger partial charge >= 0.3 is 0 Å². The van der Waals surface area contributed by atoms with Crippen molar-refractivity contribution in [1.82, 2.24) is 9.21 Å². The molecule has 22 heavy (non-hydrogen) atoms. The molecule has 6 heteroatoms. The average Bonchev–Trinajstić information content (AvgIpc) is 2.35. The lowest BCUT2D eigenvalue weighted by Crippen LogP contribution is -2.47. The molecule has 0 saturated carbocycles. The number of hydrogen-bond acceptors (Lipinski definition) is 4. The molecule has 0 aliphatic heterocycles. The summed E-state index contributed by atoms with van der Waals surface area (Å²) >= 11 is 0. The number of hydrogen-bond donors (Lipinski definition) is 1. The van der Waals surface area contributed by atoms with Crippen molar-refractivity contribution in [2.75, 3.05) is 33.0 Å². The van der Waals surface area contributed by atoms with Crippen LogP contribution in [0, 0.1) is 5.92 Å². The minimum atomic E-state index is -3.20. The molecule has 0 aromatic heterocycles. The summed E-state index contributed by atoms with van der Waals surface area (Å²) in [4.78, 5) is 2.27. The summed E-state index contributed by atoms with van der Waals surface area (Å²) in [6, 6.07) is 0.377. The Morgan fingerprint density at radius 2 is 1.77 bits per heavy atom. The summed E-state index contributed by atoms with van der Waals surface area (Å²) < 4.78 is 25.1. The third-order valence-corrected chi connectivity index (χ3v) is 5.93.